The Bertz CT molecular complexity index is 392. The molecule has 1 rings (SSSR count). The van der Waals surface area contributed by atoms with Crippen molar-refractivity contribution in [1.29, 1.82) is 0 Å². The molecule has 0 aliphatic carbocycles. The summed E-state index contributed by atoms with van der Waals surface area (Å²) >= 11 is 0. The molecule has 0 aliphatic heterocycles. The number of carbonyl (C=O) groups is 1. The second kappa shape index (κ2) is 6.96. The zero-order valence-electron chi connectivity index (χ0n) is 11.5. The molecule has 100 valence electrons. The second-order valence-corrected chi connectivity index (χ2v) is 4.64. The molecule has 0 bridgehead atoms. The molecular formula is C13H22N4O. The molecule has 0 saturated heterocycles. The van der Waals surface area contributed by atoms with Gasteiger partial charge < -0.3 is 15.5 Å². The van der Waals surface area contributed by atoms with Crippen LogP contribution in [0.2, 0.25) is 0 Å². The van der Waals surface area contributed by atoms with Gasteiger partial charge in [-0.05, 0) is 40.1 Å². The highest BCUT2D eigenvalue weighted by Crippen LogP contribution is 2.12. The van der Waals surface area contributed by atoms with Gasteiger partial charge in [0.05, 0.1) is 5.56 Å². The van der Waals surface area contributed by atoms with E-state index in [0.717, 1.165) is 18.7 Å². The Hall–Kier alpha value is -1.62. The zero-order valence-corrected chi connectivity index (χ0v) is 11.5. The first-order valence-electron chi connectivity index (χ1n) is 6.12. The van der Waals surface area contributed by atoms with Crippen LogP contribution in [0, 0.1) is 0 Å². The van der Waals surface area contributed by atoms with Crippen LogP contribution in [0.15, 0.2) is 18.5 Å². The van der Waals surface area contributed by atoms with Crippen LogP contribution >= 0.6 is 0 Å². The van der Waals surface area contributed by atoms with Crippen molar-refractivity contribution in [3.05, 3.63) is 24.0 Å². The largest absolute Gasteiger partial charge is 0.387 e. The molecule has 1 aromatic heterocycles. The third-order valence-corrected chi connectivity index (χ3v) is 2.72. The molecule has 0 aromatic carbocycles. The van der Waals surface area contributed by atoms with E-state index in [1.165, 1.54) is 0 Å². The van der Waals surface area contributed by atoms with Crippen LogP contribution in [0.5, 0.6) is 0 Å². The number of hydrogen-bond acceptors (Lipinski definition) is 4. The Morgan fingerprint density at radius 1 is 1.50 bits per heavy atom. The molecule has 5 nitrogen and oxygen atoms in total. The number of aromatic nitrogens is 1. The maximum absolute atomic E-state index is 12.1. The first-order valence-corrected chi connectivity index (χ1v) is 6.12. The predicted molar refractivity (Wildman–Crippen MR) is 73.9 cm³/mol. The summed E-state index contributed by atoms with van der Waals surface area (Å²) in [5.74, 6) is -0.0845. The minimum absolute atomic E-state index is 0.0845. The first-order chi connectivity index (χ1) is 8.54. The summed E-state index contributed by atoms with van der Waals surface area (Å²) in [6.07, 6.45) is 4.17. The van der Waals surface area contributed by atoms with Crippen molar-refractivity contribution in [2.45, 2.75) is 19.4 Å². The molecule has 0 aliphatic rings. The van der Waals surface area contributed by atoms with Gasteiger partial charge in [-0.1, -0.05) is 0 Å². The minimum atomic E-state index is -0.0845. The van der Waals surface area contributed by atoms with Gasteiger partial charge in [0.2, 0.25) is 0 Å². The van der Waals surface area contributed by atoms with Gasteiger partial charge >= 0.3 is 0 Å². The highest BCUT2D eigenvalue weighted by Gasteiger charge is 2.13. The number of pyridine rings is 1. The molecule has 0 fully saturated rings. The molecule has 0 spiro atoms. The SMILES string of the molecule is CNc1ccncc1C(=O)NC(C)CCN(C)C. The number of nitrogens with zero attached hydrogens (tertiary/aromatic N) is 2. The van der Waals surface area contributed by atoms with E-state index >= 15 is 0 Å². The molecule has 1 heterocycles. The van der Waals surface area contributed by atoms with Crippen molar-refractivity contribution >= 4 is 11.6 Å². The van der Waals surface area contributed by atoms with Gasteiger partial charge in [-0.2, -0.15) is 0 Å². The number of nitrogens with one attached hydrogen (secondary N) is 2. The summed E-state index contributed by atoms with van der Waals surface area (Å²) in [6, 6.07) is 1.93. The summed E-state index contributed by atoms with van der Waals surface area (Å²) < 4.78 is 0. The van der Waals surface area contributed by atoms with Gasteiger partial charge in [0.1, 0.15) is 0 Å². The molecule has 1 atom stereocenters. The summed E-state index contributed by atoms with van der Waals surface area (Å²) in [6.45, 7) is 2.96. The van der Waals surface area contributed by atoms with Crippen LogP contribution in [0.1, 0.15) is 23.7 Å². The number of carbonyl (C=O) groups excluding carboxylic acids is 1. The molecule has 1 unspecified atom stereocenters. The van der Waals surface area contributed by atoms with E-state index in [2.05, 4.69) is 20.5 Å². The fourth-order valence-electron chi connectivity index (χ4n) is 1.62. The highest BCUT2D eigenvalue weighted by molar-refractivity contribution is 5.99. The van der Waals surface area contributed by atoms with E-state index in [1.807, 2.05) is 21.0 Å². The average molecular weight is 250 g/mol. The average Bonchev–Trinajstić information content (AvgIpc) is 2.36. The normalized spacial score (nSPS) is 12.3. The molecule has 18 heavy (non-hydrogen) atoms. The molecule has 0 saturated carbocycles. The lowest BCUT2D eigenvalue weighted by Crippen LogP contribution is -2.35. The molecule has 1 aromatic rings. The number of anilines is 1. The highest BCUT2D eigenvalue weighted by atomic mass is 16.1. The monoisotopic (exact) mass is 250 g/mol. The molecule has 0 radical (unpaired) electrons. The Kier molecular flexibility index (Phi) is 5.58. The lowest BCUT2D eigenvalue weighted by atomic mass is 10.2. The van der Waals surface area contributed by atoms with Crippen molar-refractivity contribution in [3.63, 3.8) is 0 Å². The summed E-state index contributed by atoms with van der Waals surface area (Å²) in [7, 11) is 5.84. The quantitative estimate of drug-likeness (QED) is 0.796. The summed E-state index contributed by atoms with van der Waals surface area (Å²) in [5.41, 5.74) is 1.37. The number of amides is 1. The number of hydrogen-bond donors (Lipinski definition) is 2. The Morgan fingerprint density at radius 3 is 2.83 bits per heavy atom. The Morgan fingerprint density at radius 2 is 2.22 bits per heavy atom. The molecule has 1 amide bonds. The maximum atomic E-state index is 12.1. The third-order valence-electron chi connectivity index (χ3n) is 2.72. The smallest absolute Gasteiger partial charge is 0.255 e. The standard InChI is InChI=1S/C13H22N4O/c1-10(6-8-17(3)4)16-13(18)11-9-15-7-5-12(11)14-2/h5,7,9-10H,6,8H2,1-4H3,(H,14,15)(H,16,18). The van der Waals surface area contributed by atoms with Gasteiger partial charge in [-0.15, -0.1) is 0 Å². The van der Waals surface area contributed by atoms with Gasteiger partial charge in [0, 0.05) is 31.2 Å². The molecular weight excluding hydrogens is 228 g/mol. The lowest BCUT2D eigenvalue weighted by Gasteiger charge is -2.17. The molecule has 2 N–H and O–H groups in total. The van der Waals surface area contributed by atoms with E-state index in [-0.39, 0.29) is 11.9 Å². The van der Waals surface area contributed by atoms with Crippen LogP contribution < -0.4 is 10.6 Å². The van der Waals surface area contributed by atoms with Crippen LogP contribution in [-0.2, 0) is 0 Å². The third kappa shape index (κ3) is 4.33. The minimum Gasteiger partial charge on any atom is -0.387 e. The number of rotatable bonds is 6. The first kappa shape index (κ1) is 14.4. The van der Waals surface area contributed by atoms with Gasteiger partial charge in [-0.25, -0.2) is 0 Å². The van der Waals surface area contributed by atoms with E-state index < -0.39 is 0 Å². The van der Waals surface area contributed by atoms with Crippen molar-refractivity contribution in [2.24, 2.45) is 0 Å². The Labute approximate surface area is 109 Å². The lowest BCUT2D eigenvalue weighted by molar-refractivity contribution is 0.0937. The van der Waals surface area contributed by atoms with Crippen molar-refractivity contribution < 1.29 is 4.79 Å². The van der Waals surface area contributed by atoms with Crippen molar-refractivity contribution in [2.75, 3.05) is 33.0 Å². The summed E-state index contributed by atoms with van der Waals surface area (Å²) in [5, 5.41) is 5.97. The van der Waals surface area contributed by atoms with Gasteiger partial charge in [0.25, 0.3) is 5.91 Å². The fraction of sp³-hybridized carbons (Fsp3) is 0.538. The maximum Gasteiger partial charge on any atom is 0.255 e. The van der Waals surface area contributed by atoms with Crippen molar-refractivity contribution in [3.8, 4) is 0 Å². The van der Waals surface area contributed by atoms with Crippen LogP contribution in [0.3, 0.4) is 0 Å². The van der Waals surface area contributed by atoms with E-state index in [0.29, 0.717) is 5.56 Å². The van der Waals surface area contributed by atoms with E-state index in [9.17, 15) is 4.79 Å². The zero-order chi connectivity index (χ0) is 13.5. The van der Waals surface area contributed by atoms with Gasteiger partial charge in [-0.3, -0.25) is 9.78 Å². The Balaban J connectivity index is 2.59. The van der Waals surface area contributed by atoms with Gasteiger partial charge in [0.15, 0.2) is 0 Å². The van der Waals surface area contributed by atoms with E-state index in [4.69, 9.17) is 0 Å². The van der Waals surface area contributed by atoms with Crippen molar-refractivity contribution in [1.82, 2.24) is 15.2 Å². The second-order valence-electron chi connectivity index (χ2n) is 4.64. The van der Waals surface area contributed by atoms with Crippen LogP contribution in [0.4, 0.5) is 5.69 Å². The summed E-state index contributed by atoms with van der Waals surface area (Å²) in [4.78, 5) is 18.2. The van der Waals surface area contributed by atoms with Crippen LogP contribution in [0.25, 0.3) is 0 Å². The fourth-order valence-corrected chi connectivity index (χ4v) is 1.62. The topological polar surface area (TPSA) is 57.3 Å². The molecule has 5 heteroatoms. The predicted octanol–water partition coefficient (Wildman–Crippen LogP) is 1.19. The van der Waals surface area contributed by atoms with Crippen LogP contribution in [-0.4, -0.2) is 49.5 Å². The van der Waals surface area contributed by atoms with E-state index in [1.54, 1.807) is 25.5 Å².